The maximum Gasteiger partial charge on any atom is 0.445 e. The second-order valence-electron chi connectivity index (χ2n) is 1.23. The molecule has 0 amide bonds. The van der Waals surface area contributed by atoms with Gasteiger partial charge < -0.3 is 4.18 Å². The first-order chi connectivity index (χ1) is 3.92. The van der Waals surface area contributed by atoms with Crippen LogP contribution in [0.1, 0.15) is 6.92 Å². The highest BCUT2D eigenvalue weighted by molar-refractivity contribution is 7.81. The standard InChI is InChI=1S/C3H5FO4S/c1-3(4)2-8-9(5,6)7/h2H,1H3,(H,5,6,7). The Morgan fingerprint density at radius 2 is 2.22 bits per heavy atom. The molecule has 0 aliphatic heterocycles. The van der Waals surface area contributed by atoms with Gasteiger partial charge >= 0.3 is 10.4 Å². The van der Waals surface area contributed by atoms with Crippen molar-refractivity contribution < 1.29 is 21.5 Å². The monoisotopic (exact) mass is 156 g/mol. The third kappa shape index (κ3) is 7.38. The zero-order valence-electron chi connectivity index (χ0n) is 4.54. The molecule has 1 N–H and O–H groups in total. The van der Waals surface area contributed by atoms with Crippen LogP contribution in [0.15, 0.2) is 12.1 Å². The number of hydrogen-bond acceptors (Lipinski definition) is 3. The van der Waals surface area contributed by atoms with Crippen LogP contribution in [0.3, 0.4) is 0 Å². The largest absolute Gasteiger partial charge is 0.445 e. The van der Waals surface area contributed by atoms with Gasteiger partial charge in [0.25, 0.3) is 0 Å². The SMILES string of the molecule is CC(F)=COS(=O)(=O)O. The van der Waals surface area contributed by atoms with Crippen LogP contribution in [0.25, 0.3) is 0 Å². The fourth-order valence-electron chi connectivity index (χ4n) is 0.127. The third-order valence-electron chi connectivity index (χ3n) is 0.332. The van der Waals surface area contributed by atoms with E-state index in [9.17, 15) is 12.8 Å². The Morgan fingerprint density at radius 3 is 2.33 bits per heavy atom. The van der Waals surface area contributed by atoms with Crippen LogP contribution in [0, 0.1) is 0 Å². The Morgan fingerprint density at radius 1 is 1.78 bits per heavy atom. The third-order valence-corrected chi connectivity index (χ3v) is 0.672. The van der Waals surface area contributed by atoms with Gasteiger partial charge in [0.05, 0.1) is 0 Å². The lowest BCUT2D eigenvalue weighted by Crippen LogP contribution is -1.97. The van der Waals surface area contributed by atoms with E-state index < -0.39 is 16.2 Å². The molecule has 0 heterocycles. The van der Waals surface area contributed by atoms with Crippen molar-refractivity contribution in [1.82, 2.24) is 0 Å². The highest BCUT2D eigenvalue weighted by Crippen LogP contribution is 1.95. The molecular formula is C3H5FO4S. The van der Waals surface area contributed by atoms with E-state index in [0.717, 1.165) is 6.92 Å². The van der Waals surface area contributed by atoms with E-state index in [1.165, 1.54) is 0 Å². The Hall–Kier alpha value is -0.620. The Kier molecular flexibility index (Phi) is 2.60. The fourth-order valence-corrected chi connectivity index (χ4v) is 0.381. The zero-order valence-corrected chi connectivity index (χ0v) is 5.35. The maximum absolute atomic E-state index is 11.6. The molecule has 0 aromatic rings. The highest BCUT2D eigenvalue weighted by atomic mass is 32.3. The van der Waals surface area contributed by atoms with Crippen LogP contribution in [-0.4, -0.2) is 13.0 Å². The fraction of sp³-hybridized carbons (Fsp3) is 0.333. The lowest BCUT2D eigenvalue weighted by atomic mass is 10.7. The van der Waals surface area contributed by atoms with Gasteiger partial charge in [-0.1, -0.05) is 0 Å². The molecule has 0 radical (unpaired) electrons. The van der Waals surface area contributed by atoms with Gasteiger partial charge in [0.1, 0.15) is 12.1 Å². The number of rotatable bonds is 2. The van der Waals surface area contributed by atoms with Crippen LogP contribution in [-0.2, 0) is 14.6 Å². The van der Waals surface area contributed by atoms with Crippen molar-refractivity contribution in [2.24, 2.45) is 0 Å². The smallest absolute Gasteiger partial charge is 0.367 e. The van der Waals surface area contributed by atoms with Crippen molar-refractivity contribution in [3.05, 3.63) is 12.1 Å². The molecule has 9 heavy (non-hydrogen) atoms. The summed E-state index contributed by atoms with van der Waals surface area (Å²) in [6.45, 7) is 0.977. The summed E-state index contributed by atoms with van der Waals surface area (Å²) < 4.78 is 42.2. The summed E-state index contributed by atoms with van der Waals surface area (Å²) >= 11 is 0. The minimum absolute atomic E-state index is 0.287. The van der Waals surface area contributed by atoms with Crippen molar-refractivity contribution >= 4 is 10.4 Å². The van der Waals surface area contributed by atoms with Gasteiger partial charge in [-0.3, -0.25) is 4.55 Å². The molecule has 0 unspecified atom stereocenters. The predicted octanol–water partition coefficient (Wildman–Crippen LogP) is 0.637. The van der Waals surface area contributed by atoms with Gasteiger partial charge in [-0.2, -0.15) is 8.42 Å². The Labute approximate surface area is 51.9 Å². The number of halogens is 1. The van der Waals surface area contributed by atoms with E-state index >= 15 is 0 Å². The van der Waals surface area contributed by atoms with Gasteiger partial charge in [-0.25, -0.2) is 4.39 Å². The molecule has 4 nitrogen and oxygen atoms in total. The first-order valence-electron chi connectivity index (χ1n) is 1.90. The second-order valence-corrected chi connectivity index (χ2v) is 2.28. The Balaban J connectivity index is 3.95. The molecule has 6 heteroatoms. The summed E-state index contributed by atoms with van der Waals surface area (Å²) in [7, 11) is -4.54. The van der Waals surface area contributed by atoms with Gasteiger partial charge in [-0.15, -0.1) is 0 Å². The molecule has 54 valence electrons. The highest BCUT2D eigenvalue weighted by Gasteiger charge is 1.99. The van der Waals surface area contributed by atoms with E-state index in [4.69, 9.17) is 4.55 Å². The van der Waals surface area contributed by atoms with Crippen LogP contribution < -0.4 is 0 Å². The molecule has 0 rings (SSSR count). The van der Waals surface area contributed by atoms with Gasteiger partial charge in [0, 0.05) is 0 Å². The van der Waals surface area contributed by atoms with Crippen LogP contribution >= 0.6 is 0 Å². The average molecular weight is 156 g/mol. The predicted molar refractivity (Wildman–Crippen MR) is 27.5 cm³/mol. The normalized spacial score (nSPS) is 13.4. The average Bonchev–Trinajstić information content (AvgIpc) is 1.59. The lowest BCUT2D eigenvalue weighted by molar-refractivity contribution is 0.348. The van der Waals surface area contributed by atoms with E-state index in [-0.39, 0.29) is 6.26 Å². The molecule has 0 aliphatic rings. The van der Waals surface area contributed by atoms with E-state index in [1.807, 2.05) is 0 Å². The molecule has 0 aliphatic carbocycles. The van der Waals surface area contributed by atoms with Crippen LogP contribution in [0.2, 0.25) is 0 Å². The summed E-state index contributed by atoms with van der Waals surface area (Å²) in [5.74, 6) is -0.840. The van der Waals surface area contributed by atoms with E-state index in [2.05, 4.69) is 4.18 Å². The molecule has 0 fully saturated rings. The summed E-state index contributed by atoms with van der Waals surface area (Å²) in [6, 6.07) is 0. The Bertz CT molecular complexity index is 200. The quantitative estimate of drug-likeness (QED) is 0.470. The molecular weight excluding hydrogens is 151 g/mol. The molecule has 0 saturated heterocycles. The van der Waals surface area contributed by atoms with Crippen molar-refractivity contribution in [3.8, 4) is 0 Å². The summed E-state index contributed by atoms with van der Waals surface area (Å²) in [5, 5.41) is 0. The molecule has 0 aromatic heterocycles. The van der Waals surface area contributed by atoms with E-state index in [0.29, 0.717) is 0 Å². The zero-order chi connectivity index (χ0) is 7.49. The molecule has 0 atom stereocenters. The minimum Gasteiger partial charge on any atom is -0.367 e. The van der Waals surface area contributed by atoms with Crippen molar-refractivity contribution in [2.45, 2.75) is 6.92 Å². The molecule has 0 aromatic carbocycles. The molecule has 0 saturated carbocycles. The first kappa shape index (κ1) is 8.38. The molecule has 0 spiro atoms. The van der Waals surface area contributed by atoms with E-state index in [1.54, 1.807) is 0 Å². The van der Waals surface area contributed by atoms with Crippen LogP contribution in [0.5, 0.6) is 0 Å². The summed E-state index contributed by atoms with van der Waals surface area (Å²) in [4.78, 5) is 0. The maximum atomic E-state index is 11.6. The second kappa shape index (κ2) is 2.79. The summed E-state index contributed by atoms with van der Waals surface area (Å²) in [6.07, 6.45) is 0.287. The van der Waals surface area contributed by atoms with Crippen molar-refractivity contribution in [2.75, 3.05) is 0 Å². The number of hydrogen-bond donors (Lipinski definition) is 1. The van der Waals surface area contributed by atoms with Crippen molar-refractivity contribution in [3.63, 3.8) is 0 Å². The first-order valence-corrected chi connectivity index (χ1v) is 3.26. The topological polar surface area (TPSA) is 63.6 Å². The summed E-state index contributed by atoms with van der Waals surface area (Å²) in [5.41, 5.74) is 0. The van der Waals surface area contributed by atoms with Gasteiger partial charge in [0.15, 0.2) is 0 Å². The van der Waals surface area contributed by atoms with Gasteiger partial charge in [0.2, 0.25) is 0 Å². The molecule has 0 bridgehead atoms. The minimum atomic E-state index is -4.54. The lowest BCUT2D eigenvalue weighted by Gasteiger charge is -1.90. The van der Waals surface area contributed by atoms with Gasteiger partial charge in [-0.05, 0) is 6.92 Å². The van der Waals surface area contributed by atoms with Crippen LogP contribution in [0.4, 0.5) is 4.39 Å². The number of allylic oxidation sites excluding steroid dienone is 1. The van der Waals surface area contributed by atoms with Crippen molar-refractivity contribution in [1.29, 1.82) is 0 Å².